The Balaban J connectivity index is 1.07. The number of fused-ring (bicyclic) bond motifs is 1. The average molecular weight is 484 g/mol. The van der Waals surface area contributed by atoms with E-state index in [4.69, 9.17) is 4.74 Å². The van der Waals surface area contributed by atoms with Crippen molar-refractivity contribution in [3.8, 4) is 22.9 Å². The van der Waals surface area contributed by atoms with Gasteiger partial charge in [0, 0.05) is 56.2 Å². The second-order valence-electron chi connectivity index (χ2n) is 9.64. The second kappa shape index (κ2) is 9.72. The minimum Gasteiger partial charge on any atom is -0.439 e. The smallest absolute Gasteiger partial charge is 0.251 e. The number of hydrogen-bond acceptors (Lipinski definition) is 6. The van der Waals surface area contributed by atoms with Gasteiger partial charge >= 0.3 is 0 Å². The van der Waals surface area contributed by atoms with Gasteiger partial charge in [-0.1, -0.05) is 18.2 Å². The van der Waals surface area contributed by atoms with Crippen molar-refractivity contribution in [1.29, 1.82) is 0 Å². The Morgan fingerprint density at radius 3 is 2.53 bits per heavy atom. The molecule has 184 valence electrons. The first kappa shape index (κ1) is 22.7. The summed E-state index contributed by atoms with van der Waals surface area (Å²) in [5, 5.41) is 19.0. The summed E-state index contributed by atoms with van der Waals surface area (Å²) in [7, 11) is 0. The molecule has 4 heterocycles. The van der Waals surface area contributed by atoms with E-state index in [1.807, 2.05) is 35.2 Å². The number of aliphatic hydroxyl groups excluding tert-OH is 1. The van der Waals surface area contributed by atoms with Crippen LogP contribution in [-0.4, -0.2) is 67.8 Å². The van der Waals surface area contributed by atoms with Crippen LogP contribution in [0.15, 0.2) is 67.0 Å². The van der Waals surface area contributed by atoms with E-state index in [2.05, 4.69) is 44.3 Å². The lowest BCUT2D eigenvalue weighted by atomic mass is 10.0. The number of piperidine rings is 1. The summed E-state index contributed by atoms with van der Waals surface area (Å²) in [5.41, 5.74) is 3.15. The molecule has 0 spiro atoms. The Hall–Kier alpha value is -3.75. The number of amides is 1. The summed E-state index contributed by atoms with van der Waals surface area (Å²) in [6, 6.07) is 18.6. The van der Waals surface area contributed by atoms with Crippen LogP contribution >= 0.6 is 0 Å². The van der Waals surface area contributed by atoms with Crippen LogP contribution in [0.25, 0.3) is 22.0 Å². The topological polar surface area (TPSA) is 94.6 Å². The van der Waals surface area contributed by atoms with Crippen molar-refractivity contribution in [3.05, 3.63) is 72.6 Å². The second-order valence-corrected chi connectivity index (χ2v) is 9.64. The van der Waals surface area contributed by atoms with Crippen LogP contribution in [0.2, 0.25) is 0 Å². The number of aromatic nitrogens is 3. The summed E-state index contributed by atoms with van der Waals surface area (Å²) in [5.74, 6) is 1.21. The number of rotatable bonds is 6. The Morgan fingerprint density at radius 1 is 0.972 bits per heavy atom. The number of H-pyrrole nitrogens is 1. The minimum absolute atomic E-state index is 0.0896. The maximum atomic E-state index is 12.1. The van der Waals surface area contributed by atoms with Gasteiger partial charge in [0.1, 0.15) is 11.9 Å². The van der Waals surface area contributed by atoms with Crippen molar-refractivity contribution >= 4 is 16.7 Å². The Labute approximate surface area is 209 Å². The number of benzene rings is 2. The van der Waals surface area contributed by atoms with Crippen LogP contribution in [0, 0.1) is 0 Å². The number of carbonyl (C=O) groups is 1. The van der Waals surface area contributed by atoms with Crippen molar-refractivity contribution in [2.24, 2.45) is 0 Å². The Morgan fingerprint density at radius 2 is 1.81 bits per heavy atom. The molecule has 1 amide bonds. The summed E-state index contributed by atoms with van der Waals surface area (Å²) in [6.45, 7) is 3.50. The van der Waals surface area contributed by atoms with Crippen molar-refractivity contribution in [2.45, 2.75) is 38.0 Å². The quantitative estimate of drug-likeness (QED) is 0.431. The highest BCUT2D eigenvalue weighted by Gasteiger charge is 2.35. The van der Waals surface area contributed by atoms with Gasteiger partial charge in [0.25, 0.3) is 5.91 Å². The highest BCUT2D eigenvalue weighted by molar-refractivity contribution is 5.84. The Bertz CT molecular complexity index is 1350. The van der Waals surface area contributed by atoms with Gasteiger partial charge < -0.3 is 14.7 Å². The Kier molecular flexibility index (Phi) is 6.13. The maximum absolute atomic E-state index is 12.1. The first-order valence-electron chi connectivity index (χ1n) is 12.5. The molecule has 4 aromatic rings. The van der Waals surface area contributed by atoms with Gasteiger partial charge in [-0.25, -0.2) is 4.98 Å². The van der Waals surface area contributed by atoms with Gasteiger partial charge in [0.15, 0.2) is 0 Å². The van der Waals surface area contributed by atoms with E-state index >= 15 is 0 Å². The van der Waals surface area contributed by atoms with Gasteiger partial charge in [0.05, 0.1) is 5.69 Å². The fourth-order valence-corrected chi connectivity index (χ4v) is 5.27. The number of hydrogen-bond donors (Lipinski definition) is 2. The van der Waals surface area contributed by atoms with Crippen LogP contribution in [-0.2, 0) is 11.3 Å². The third-order valence-electron chi connectivity index (χ3n) is 7.26. The van der Waals surface area contributed by atoms with Gasteiger partial charge in [-0.2, -0.15) is 5.10 Å². The standard InChI is InChI=1S/C28H29N5O3/c34-26-10-14-33(28(26)35)23-8-12-32(13-9-23)18-19-1-2-21-16-24(5-3-20(21)15-19)36-27-6-4-22(17-29-27)25-7-11-30-31-25/h1-7,11,15-17,23,26,34H,8-10,12-14,18H2,(H,30,31). The van der Waals surface area contributed by atoms with Gasteiger partial charge in [-0.05, 0) is 65.9 Å². The van der Waals surface area contributed by atoms with E-state index in [1.165, 1.54) is 10.9 Å². The number of aromatic amines is 1. The zero-order chi connectivity index (χ0) is 24.5. The summed E-state index contributed by atoms with van der Waals surface area (Å²) in [4.78, 5) is 20.9. The third-order valence-corrected chi connectivity index (χ3v) is 7.26. The van der Waals surface area contributed by atoms with Crippen LogP contribution < -0.4 is 4.74 Å². The van der Waals surface area contributed by atoms with Crippen molar-refractivity contribution in [1.82, 2.24) is 25.0 Å². The molecule has 8 nitrogen and oxygen atoms in total. The lowest BCUT2D eigenvalue weighted by molar-refractivity contribution is -0.137. The van der Waals surface area contributed by atoms with E-state index in [1.54, 1.807) is 12.4 Å². The first-order valence-corrected chi connectivity index (χ1v) is 12.5. The molecule has 1 atom stereocenters. The molecule has 36 heavy (non-hydrogen) atoms. The fraction of sp³-hybridized carbons (Fsp3) is 0.321. The normalized spacial score (nSPS) is 19.3. The molecule has 2 N–H and O–H groups in total. The van der Waals surface area contributed by atoms with E-state index in [0.717, 1.165) is 54.9 Å². The summed E-state index contributed by atoms with van der Waals surface area (Å²) in [6.07, 6.45) is 5.18. The molecule has 2 aromatic heterocycles. The molecule has 6 rings (SSSR count). The highest BCUT2D eigenvalue weighted by Crippen LogP contribution is 2.28. The summed E-state index contributed by atoms with van der Waals surface area (Å²) >= 11 is 0. The molecule has 2 saturated heterocycles. The molecular weight excluding hydrogens is 454 g/mol. The molecule has 2 fully saturated rings. The minimum atomic E-state index is -0.795. The third kappa shape index (κ3) is 4.69. The predicted octanol–water partition coefficient (Wildman–Crippen LogP) is 3.97. The predicted molar refractivity (Wildman–Crippen MR) is 136 cm³/mol. The molecule has 2 aliphatic heterocycles. The van der Waals surface area contributed by atoms with E-state index in [-0.39, 0.29) is 11.9 Å². The number of pyridine rings is 1. The molecule has 2 aliphatic rings. The first-order chi connectivity index (χ1) is 17.6. The number of likely N-dealkylation sites (tertiary alicyclic amines) is 2. The molecule has 1 unspecified atom stereocenters. The molecule has 0 radical (unpaired) electrons. The number of carbonyl (C=O) groups excluding carboxylic acids is 1. The number of nitrogens with one attached hydrogen (secondary N) is 1. The zero-order valence-electron chi connectivity index (χ0n) is 20.0. The van der Waals surface area contributed by atoms with Crippen LogP contribution in [0.3, 0.4) is 0 Å². The molecular formula is C28H29N5O3. The number of nitrogens with zero attached hydrogens (tertiary/aromatic N) is 4. The van der Waals surface area contributed by atoms with Crippen molar-refractivity contribution in [2.75, 3.05) is 19.6 Å². The lowest BCUT2D eigenvalue weighted by Gasteiger charge is -2.36. The number of aliphatic hydroxyl groups is 1. The van der Waals surface area contributed by atoms with Gasteiger partial charge in [-0.3, -0.25) is 14.8 Å². The largest absolute Gasteiger partial charge is 0.439 e. The van der Waals surface area contributed by atoms with Crippen molar-refractivity contribution in [3.63, 3.8) is 0 Å². The van der Waals surface area contributed by atoms with Gasteiger partial charge in [-0.15, -0.1) is 0 Å². The summed E-state index contributed by atoms with van der Waals surface area (Å²) < 4.78 is 5.99. The zero-order valence-corrected chi connectivity index (χ0v) is 20.0. The maximum Gasteiger partial charge on any atom is 0.251 e. The van der Waals surface area contributed by atoms with E-state index in [9.17, 15) is 9.90 Å². The van der Waals surface area contributed by atoms with Crippen LogP contribution in [0.5, 0.6) is 11.6 Å². The van der Waals surface area contributed by atoms with Crippen LogP contribution in [0.1, 0.15) is 24.8 Å². The SMILES string of the molecule is O=C1C(O)CCN1C1CCN(Cc2ccc3cc(Oc4ccc(-c5ccn[nH]5)cn4)ccc3c2)CC1. The molecule has 0 saturated carbocycles. The molecule has 0 aliphatic carbocycles. The highest BCUT2D eigenvalue weighted by atomic mass is 16.5. The average Bonchev–Trinajstić information content (AvgIpc) is 3.56. The number of ether oxygens (including phenoxy) is 1. The monoisotopic (exact) mass is 483 g/mol. The van der Waals surface area contributed by atoms with E-state index in [0.29, 0.717) is 18.8 Å². The lowest BCUT2D eigenvalue weighted by Crippen LogP contribution is -2.46. The van der Waals surface area contributed by atoms with Crippen molar-refractivity contribution < 1.29 is 14.6 Å². The van der Waals surface area contributed by atoms with Gasteiger partial charge in [0.2, 0.25) is 5.88 Å². The molecule has 2 aromatic carbocycles. The van der Waals surface area contributed by atoms with Crippen LogP contribution in [0.4, 0.5) is 0 Å². The van der Waals surface area contributed by atoms with E-state index < -0.39 is 6.10 Å². The molecule has 0 bridgehead atoms. The fourth-order valence-electron chi connectivity index (χ4n) is 5.27. The molecule has 8 heteroatoms.